The minimum absolute atomic E-state index is 0.0111. The Hall–Kier alpha value is -2.66. The van der Waals surface area contributed by atoms with Crippen LogP contribution in [0.15, 0.2) is 48.5 Å². The number of aryl methyl sites for hydroxylation is 1. The fraction of sp³-hybridized carbons (Fsp3) is 0.318. The molecule has 28 heavy (non-hydrogen) atoms. The summed E-state index contributed by atoms with van der Waals surface area (Å²) in [7, 11) is 0. The molecule has 5 nitrogen and oxygen atoms in total. The van der Waals surface area contributed by atoms with Gasteiger partial charge in [-0.25, -0.2) is 4.90 Å². The Kier molecular flexibility index (Phi) is 6.15. The van der Waals surface area contributed by atoms with Crippen LogP contribution < -0.4 is 4.90 Å². The van der Waals surface area contributed by atoms with Crippen LogP contribution in [0.1, 0.15) is 37.3 Å². The van der Waals surface area contributed by atoms with Crippen molar-refractivity contribution in [1.29, 1.82) is 0 Å². The van der Waals surface area contributed by atoms with Crippen LogP contribution in [-0.2, 0) is 20.9 Å². The average Bonchev–Trinajstić information content (AvgIpc) is 2.96. The lowest BCUT2D eigenvalue weighted by atomic mass is 10.1. The summed E-state index contributed by atoms with van der Waals surface area (Å²) in [5.74, 6) is -0.799. The van der Waals surface area contributed by atoms with Crippen molar-refractivity contribution in [2.75, 3.05) is 4.90 Å². The van der Waals surface area contributed by atoms with Gasteiger partial charge in [0.1, 0.15) is 6.04 Å². The van der Waals surface area contributed by atoms with Gasteiger partial charge in [0.2, 0.25) is 11.8 Å². The molecule has 2 aromatic rings. The molecular weight excluding hydrogens is 376 g/mol. The molecular formula is C22H23ClN2O3. The van der Waals surface area contributed by atoms with Crippen molar-refractivity contribution in [3.63, 3.8) is 0 Å². The number of nitrogens with zero attached hydrogens (tertiary/aromatic N) is 2. The number of rotatable bonds is 6. The van der Waals surface area contributed by atoms with Crippen LogP contribution >= 0.6 is 11.6 Å². The number of amides is 3. The van der Waals surface area contributed by atoms with Crippen molar-refractivity contribution in [3.05, 3.63) is 64.7 Å². The molecule has 0 bridgehead atoms. The predicted molar refractivity (Wildman–Crippen MR) is 109 cm³/mol. The van der Waals surface area contributed by atoms with Gasteiger partial charge in [0, 0.05) is 18.0 Å². The Morgan fingerprint density at radius 2 is 1.75 bits per heavy atom. The average molecular weight is 399 g/mol. The summed E-state index contributed by atoms with van der Waals surface area (Å²) in [4.78, 5) is 41.1. The Morgan fingerprint density at radius 3 is 2.36 bits per heavy atom. The SMILES string of the molecule is CCCC(=O)N(Cc1ccc(C)cc1)C1CC(=O)N(c2ccc(Cl)cc2)C1=O. The molecule has 0 saturated carbocycles. The zero-order valence-electron chi connectivity index (χ0n) is 16.0. The molecule has 1 aliphatic rings. The first-order valence-electron chi connectivity index (χ1n) is 9.38. The first kappa shape index (κ1) is 20.1. The smallest absolute Gasteiger partial charge is 0.257 e. The lowest BCUT2D eigenvalue weighted by molar-refractivity contribution is -0.139. The van der Waals surface area contributed by atoms with E-state index in [0.717, 1.165) is 16.0 Å². The lowest BCUT2D eigenvalue weighted by Crippen LogP contribution is -2.45. The molecule has 146 valence electrons. The first-order chi connectivity index (χ1) is 13.4. The number of hydrogen-bond donors (Lipinski definition) is 0. The highest BCUT2D eigenvalue weighted by atomic mass is 35.5. The number of benzene rings is 2. The van der Waals surface area contributed by atoms with Gasteiger partial charge in [-0.1, -0.05) is 48.4 Å². The van der Waals surface area contributed by atoms with Crippen molar-refractivity contribution in [2.24, 2.45) is 0 Å². The molecule has 3 rings (SSSR count). The third-order valence-corrected chi connectivity index (χ3v) is 5.09. The maximum atomic E-state index is 13.1. The second-order valence-corrected chi connectivity index (χ2v) is 7.46. The summed E-state index contributed by atoms with van der Waals surface area (Å²) in [5.41, 5.74) is 2.52. The molecule has 0 radical (unpaired) electrons. The Bertz CT molecular complexity index is 878. The van der Waals surface area contributed by atoms with Gasteiger partial charge in [-0.3, -0.25) is 14.4 Å². The Morgan fingerprint density at radius 1 is 1.11 bits per heavy atom. The van der Waals surface area contributed by atoms with Crippen molar-refractivity contribution < 1.29 is 14.4 Å². The molecule has 1 heterocycles. The van der Waals surface area contributed by atoms with Gasteiger partial charge in [0.05, 0.1) is 12.1 Å². The third kappa shape index (κ3) is 4.25. The molecule has 1 atom stereocenters. The number of anilines is 1. The maximum Gasteiger partial charge on any atom is 0.257 e. The van der Waals surface area contributed by atoms with Crippen molar-refractivity contribution in [1.82, 2.24) is 4.90 Å². The van der Waals surface area contributed by atoms with Gasteiger partial charge in [-0.2, -0.15) is 0 Å². The highest BCUT2D eigenvalue weighted by molar-refractivity contribution is 6.30. The van der Waals surface area contributed by atoms with Gasteiger partial charge in [-0.15, -0.1) is 0 Å². The van der Waals surface area contributed by atoms with E-state index in [9.17, 15) is 14.4 Å². The molecule has 0 spiro atoms. The van der Waals surface area contributed by atoms with E-state index < -0.39 is 6.04 Å². The summed E-state index contributed by atoms with van der Waals surface area (Å²) in [6.45, 7) is 4.22. The normalized spacial score (nSPS) is 16.5. The second kappa shape index (κ2) is 8.57. The number of carbonyl (C=O) groups is 3. The van der Waals surface area contributed by atoms with E-state index in [1.54, 1.807) is 29.2 Å². The maximum absolute atomic E-state index is 13.1. The number of carbonyl (C=O) groups excluding carboxylic acids is 3. The summed E-state index contributed by atoms with van der Waals surface area (Å²) in [5, 5.41) is 0.526. The Labute approximate surface area is 169 Å². The largest absolute Gasteiger partial charge is 0.326 e. The predicted octanol–water partition coefficient (Wildman–Crippen LogP) is 4.11. The summed E-state index contributed by atoms with van der Waals surface area (Å²) >= 11 is 5.91. The van der Waals surface area contributed by atoms with E-state index in [-0.39, 0.29) is 24.1 Å². The first-order valence-corrected chi connectivity index (χ1v) is 9.76. The number of halogens is 1. The standard InChI is InChI=1S/C22H23ClN2O3/c1-3-4-20(26)24(14-16-7-5-15(2)6-8-16)19-13-21(27)25(22(19)28)18-11-9-17(23)10-12-18/h5-12,19H,3-4,13-14H2,1-2H3. The van der Waals surface area contributed by atoms with Crippen LogP contribution in [0.4, 0.5) is 5.69 Å². The monoisotopic (exact) mass is 398 g/mol. The van der Waals surface area contributed by atoms with Crippen molar-refractivity contribution in [2.45, 2.75) is 45.7 Å². The minimum Gasteiger partial charge on any atom is -0.326 e. The third-order valence-electron chi connectivity index (χ3n) is 4.84. The molecule has 1 fully saturated rings. The van der Waals surface area contributed by atoms with Gasteiger partial charge in [0.25, 0.3) is 5.91 Å². The summed E-state index contributed by atoms with van der Waals surface area (Å²) < 4.78 is 0. The van der Waals surface area contributed by atoms with Gasteiger partial charge >= 0.3 is 0 Å². The van der Waals surface area contributed by atoms with E-state index in [1.807, 2.05) is 38.1 Å². The van der Waals surface area contributed by atoms with Gasteiger partial charge in [-0.05, 0) is 43.2 Å². The number of hydrogen-bond acceptors (Lipinski definition) is 3. The van der Waals surface area contributed by atoms with Crippen LogP contribution in [0.2, 0.25) is 5.02 Å². The highest BCUT2D eigenvalue weighted by Crippen LogP contribution is 2.28. The van der Waals surface area contributed by atoms with E-state index in [2.05, 4.69) is 0 Å². The van der Waals surface area contributed by atoms with Crippen LogP contribution in [0.5, 0.6) is 0 Å². The van der Waals surface area contributed by atoms with E-state index in [1.165, 1.54) is 0 Å². The molecule has 0 N–H and O–H groups in total. The van der Waals surface area contributed by atoms with Gasteiger partial charge < -0.3 is 4.90 Å². The van der Waals surface area contributed by atoms with Crippen molar-refractivity contribution in [3.8, 4) is 0 Å². The van der Waals surface area contributed by atoms with E-state index >= 15 is 0 Å². The highest BCUT2D eigenvalue weighted by Gasteiger charge is 2.44. The fourth-order valence-electron chi connectivity index (χ4n) is 3.34. The van der Waals surface area contributed by atoms with Crippen LogP contribution in [-0.4, -0.2) is 28.7 Å². The van der Waals surface area contributed by atoms with E-state index in [4.69, 9.17) is 11.6 Å². The molecule has 0 aliphatic carbocycles. The lowest BCUT2D eigenvalue weighted by Gasteiger charge is -2.28. The van der Waals surface area contributed by atoms with Crippen LogP contribution in [0.3, 0.4) is 0 Å². The molecule has 1 saturated heterocycles. The zero-order chi connectivity index (χ0) is 20.3. The minimum atomic E-state index is -0.788. The fourth-order valence-corrected chi connectivity index (χ4v) is 3.47. The molecule has 3 amide bonds. The van der Waals surface area contributed by atoms with Crippen LogP contribution in [0.25, 0.3) is 0 Å². The van der Waals surface area contributed by atoms with Crippen LogP contribution in [0, 0.1) is 6.92 Å². The summed E-state index contributed by atoms with van der Waals surface area (Å²) in [6.07, 6.45) is 1.01. The molecule has 2 aromatic carbocycles. The molecule has 1 unspecified atom stereocenters. The molecule has 6 heteroatoms. The van der Waals surface area contributed by atoms with Crippen molar-refractivity contribution >= 4 is 35.0 Å². The molecule has 0 aromatic heterocycles. The second-order valence-electron chi connectivity index (χ2n) is 7.02. The summed E-state index contributed by atoms with van der Waals surface area (Å²) in [6, 6.07) is 13.6. The Balaban J connectivity index is 1.88. The van der Waals surface area contributed by atoms with E-state index in [0.29, 0.717) is 30.1 Å². The molecule has 1 aliphatic heterocycles. The number of imide groups is 1. The quantitative estimate of drug-likeness (QED) is 0.688. The zero-order valence-corrected chi connectivity index (χ0v) is 16.8. The topological polar surface area (TPSA) is 57.7 Å². The van der Waals surface area contributed by atoms with Gasteiger partial charge in [0.15, 0.2) is 0 Å².